The summed E-state index contributed by atoms with van der Waals surface area (Å²) in [6, 6.07) is -2.59. The zero-order valence-corrected chi connectivity index (χ0v) is 18.2. The number of Topliss-reactive ketones (excluding diaryl/α,β-unsaturated/α-hetero) is 1. The lowest BCUT2D eigenvalue weighted by Gasteiger charge is -2.24. The summed E-state index contributed by atoms with van der Waals surface area (Å²) in [6.45, 7) is 5.15. The summed E-state index contributed by atoms with van der Waals surface area (Å²) >= 11 is 0.976. The molecule has 0 fully saturated rings. The first kappa shape index (κ1) is 25.4. The van der Waals surface area contributed by atoms with Crippen LogP contribution in [0.1, 0.15) is 39.8 Å². The SMILES string of the molecule is CCC(=O)[C@@H](NC(=O)/C(=N\OC(C)(C)C(=O)O)c1csc(N)n1)[C@H](C)NS(=O)(=O)O. The number of nitrogen functional groups attached to an aromatic ring is 1. The molecular formula is C15H23N5O8S2. The molecule has 0 aliphatic carbocycles. The average Bonchev–Trinajstić information content (AvgIpc) is 3.03. The van der Waals surface area contributed by atoms with E-state index in [2.05, 4.69) is 15.5 Å². The predicted molar refractivity (Wildman–Crippen MR) is 107 cm³/mol. The summed E-state index contributed by atoms with van der Waals surface area (Å²) in [7, 11) is -4.66. The number of carboxylic acid groups (broad SMARTS) is 1. The molecule has 6 N–H and O–H groups in total. The van der Waals surface area contributed by atoms with Gasteiger partial charge in [-0.05, 0) is 20.8 Å². The van der Waals surface area contributed by atoms with Crippen LogP contribution in [0.4, 0.5) is 5.13 Å². The zero-order valence-electron chi connectivity index (χ0n) is 16.6. The Kier molecular flexibility index (Phi) is 8.41. The van der Waals surface area contributed by atoms with Gasteiger partial charge in [0, 0.05) is 17.8 Å². The van der Waals surface area contributed by atoms with Crippen molar-refractivity contribution in [3.63, 3.8) is 0 Å². The molecule has 1 heterocycles. The first-order chi connectivity index (χ1) is 13.7. The third-order valence-electron chi connectivity index (χ3n) is 3.68. The van der Waals surface area contributed by atoms with Crippen molar-refractivity contribution in [3.05, 3.63) is 11.1 Å². The second-order valence-electron chi connectivity index (χ2n) is 6.57. The number of nitrogens with two attached hydrogens (primary N) is 1. The molecular weight excluding hydrogens is 442 g/mol. The zero-order chi connectivity index (χ0) is 23.3. The maximum absolute atomic E-state index is 12.8. The molecule has 0 aliphatic heterocycles. The Morgan fingerprint density at radius 1 is 1.40 bits per heavy atom. The number of carboxylic acids is 1. The molecule has 0 spiro atoms. The van der Waals surface area contributed by atoms with Gasteiger partial charge in [-0.1, -0.05) is 12.1 Å². The number of hydrogen-bond donors (Lipinski definition) is 5. The second kappa shape index (κ2) is 9.92. The molecule has 0 saturated heterocycles. The summed E-state index contributed by atoms with van der Waals surface area (Å²) in [5, 5.41) is 16.5. The van der Waals surface area contributed by atoms with Crippen molar-refractivity contribution in [2.24, 2.45) is 5.16 Å². The van der Waals surface area contributed by atoms with Crippen LogP contribution in [0.3, 0.4) is 0 Å². The number of oxime groups is 1. The van der Waals surface area contributed by atoms with E-state index in [-0.39, 0.29) is 17.2 Å². The first-order valence-electron chi connectivity index (χ1n) is 8.47. The van der Waals surface area contributed by atoms with E-state index < -0.39 is 51.4 Å². The summed E-state index contributed by atoms with van der Waals surface area (Å²) in [5.74, 6) is -2.90. The van der Waals surface area contributed by atoms with Crippen molar-refractivity contribution in [1.29, 1.82) is 0 Å². The Labute approximate surface area is 176 Å². The predicted octanol–water partition coefficient (Wildman–Crippen LogP) is -0.446. The van der Waals surface area contributed by atoms with Crippen molar-refractivity contribution in [2.45, 2.75) is 51.8 Å². The van der Waals surface area contributed by atoms with Crippen molar-refractivity contribution in [1.82, 2.24) is 15.0 Å². The van der Waals surface area contributed by atoms with E-state index in [0.717, 1.165) is 11.3 Å². The minimum absolute atomic E-state index is 0.0470. The van der Waals surface area contributed by atoms with E-state index in [1.165, 1.54) is 33.1 Å². The number of hydrogen-bond acceptors (Lipinski definition) is 10. The smallest absolute Gasteiger partial charge is 0.350 e. The van der Waals surface area contributed by atoms with Gasteiger partial charge in [0.25, 0.3) is 5.91 Å². The van der Waals surface area contributed by atoms with Gasteiger partial charge in [-0.25, -0.2) is 9.78 Å². The number of nitrogens with zero attached hydrogens (tertiary/aromatic N) is 2. The van der Waals surface area contributed by atoms with Crippen LogP contribution in [-0.4, -0.2) is 64.1 Å². The fraction of sp³-hybridized carbons (Fsp3) is 0.533. The second-order valence-corrected chi connectivity index (χ2v) is 8.65. The normalized spacial score (nSPS) is 14.6. The maximum atomic E-state index is 12.8. The minimum Gasteiger partial charge on any atom is -0.478 e. The molecule has 1 amide bonds. The third-order valence-corrected chi connectivity index (χ3v) is 5.02. The Balaban J connectivity index is 3.26. The van der Waals surface area contributed by atoms with Gasteiger partial charge in [0.2, 0.25) is 5.60 Å². The highest BCUT2D eigenvalue weighted by Crippen LogP contribution is 2.15. The molecule has 0 bridgehead atoms. The number of rotatable bonds is 11. The highest BCUT2D eigenvalue weighted by molar-refractivity contribution is 7.83. The Morgan fingerprint density at radius 3 is 2.43 bits per heavy atom. The lowest BCUT2D eigenvalue weighted by molar-refractivity contribution is -0.161. The molecule has 13 nitrogen and oxygen atoms in total. The number of carbonyl (C=O) groups excluding carboxylic acids is 2. The highest BCUT2D eigenvalue weighted by Gasteiger charge is 2.33. The number of thiazole rings is 1. The summed E-state index contributed by atoms with van der Waals surface area (Å²) in [4.78, 5) is 45.1. The van der Waals surface area contributed by atoms with Gasteiger partial charge >= 0.3 is 16.3 Å². The lowest BCUT2D eigenvalue weighted by atomic mass is 10.0. The van der Waals surface area contributed by atoms with E-state index >= 15 is 0 Å². The average molecular weight is 466 g/mol. The molecule has 0 radical (unpaired) electrons. The van der Waals surface area contributed by atoms with Gasteiger partial charge in [-0.3, -0.25) is 14.1 Å². The van der Waals surface area contributed by atoms with Crippen LogP contribution in [-0.2, 0) is 29.5 Å². The molecule has 1 aromatic rings. The molecule has 0 aliphatic rings. The molecule has 0 saturated carbocycles. The van der Waals surface area contributed by atoms with Crippen molar-refractivity contribution in [3.8, 4) is 0 Å². The fourth-order valence-corrected chi connectivity index (χ4v) is 3.17. The largest absolute Gasteiger partial charge is 0.478 e. The number of ketones is 1. The van der Waals surface area contributed by atoms with Crippen LogP contribution in [0.2, 0.25) is 0 Å². The maximum Gasteiger partial charge on any atom is 0.350 e. The Bertz CT molecular complexity index is 941. The van der Waals surface area contributed by atoms with E-state index in [4.69, 9.17) is 20.2 Å². The fourth-order valence-electron chi connectivity index (χ4n) is 2.02. The van der Waals surface area contributed by atoms with E-state index in [9.17, 15) is 22.8 Å². The molecule has 0 aromatic carbocycles. The topological polar surface area (TPSA) is 210 Å². The molecule has 15 heteroatoms. The molecule has 1 aromatic heterocycles. The third kappa shape index (κ3) is 7.33. The van der Waals surface area contributed by atoms with Gasteiger partial charge in [0.15, 0.2) is 16.6 Å². The van der Waals surface area contributed by atoms with Crippen molar-refractivity contribution in [2.75, 3.05) is 5.73 Å². The monoisotopic (exact) mass is 465 g/mol. The minimum atomic E-state index is -4.66. The summed E-state index contributed by atoms with van der Waals surface area (Å²) < 4.78 is 32.9. The Hall–Kier alpha value is -2.62. The lowest BCUT2D eigenvalue weighted by Crippen LogP contribution is -2.55. The van der Waals surface area contributed by atoms with Gasteiger partial charge in [0.05, 0.1) is 0 Å². The van der Waals surface area contributed by atoms with Crippen molar-refractivity contribution < 1.29 is 37.3 Å². The van der Waals surface area contributed by atoms with E-state index in [1.54, 1.807) is 4.72 Å². The first-order valence-corrected chi connectivity index (χ1v) is 10.8. The van der Waals surface area contributed by atoms with Crippen LogP contribution in [0.15, 0.2) is 10.5 Å². The molecule has 0 unspecified atom stereocenters. The molecule has 168 valence electrons. The van der Waals surface area contributed by atoms with Crippen LogP contribution >= 0.6 is 11.3 Å². The molecule has 30 heavy (non-hydrogen) atoms. The van der Waals surface area contributed by atoms with Crippen LogP contribution in [0, 0.1) is 0 Å². The Morgan fingerprint density at radius 2 is 2.00 bits per heavy atom. The summed E-state index contributed by atoms with van der Waals surface area (Å²) in [6.07, 6.45) is -0.0545. The summed E-state index contributed by atoms with van der Waals surface area (Å²) in [5.41, 5.74) is 3.25. The number of nitrogens with one attached hydrogen (secondary N) is 2. The van der Waals surface area contributed by atoms with Crippen LogP contribution in [0.25, 0.3) is 0 Å². The van der Waals surface area contributed by atoms with E-state index in [1.807, 2.05) is 0 Å². The van der Waals surface area contributed by atoms with E-state index in [0.29, 0.717) is 0 Å². The molecule has 2 atom stereocenters. The van der Waals surface area contributed by atoms with Gasteiger partial charge in [-0.2, -0.15) is 13.1 Å². The molecule has 1 rings (SSSR count). The standard InChI is InChI=1S/C15H23N5O8S2/c1-5-9(21)10(7(2)20-30(25,26)27)18-12(22)11(8-6-29-14(16)17-8)19-28-15(3,4)13(23)24/h6-7,10,20H,5H2,1-4H3,(H2,16,17)(H,18,22)(H,23,24)(H,25,26,27)/b19-11-/t7-,10-/m0/s1. The number of anilines is 1. The van der Waals surface area contributed by atoms with Gasteiger partial charge < -0.3 is 21.0 Å². The highest BCUT2D eigenvalue weighted by atomic mass is 32.2. The van der Waals surface area contributed by atoms with Gasteiger partial charge in [-0.15, -0.1) is 11.3 Å². The number of carbonyl (C=O) groups is 3. The van der Waals surface area contributed by atoms with Crippen LogP contribution in [0.5, 0.6) is 0 Å². The quantitative estimate of drug-likeness (QED) is 0.161. The number of aliphatic carboxylic acids is 1. The number of amides is 1. The number of aromatic nitrogens is 1. The van der Waals surface area contributed by atoms with Gasteiger partial charge in [0.1, 0.15) is 11.7 Å². The van der Waals surface area contributed by atoms with Crippen molar-refractivity contribution >= 4 is 50.1 Å². The van der Waals surface area contributed by atoms with Crippen LogP contribution < -0.4 is 15.8 Å².